The van der Waals surface area contributed by atoms with Gasteiger partial charge in [-0.3, -0.25) is 4.79 Å². The van der Waals surface area contributed by atoms with Crippen LogP contribution in [0, 0.1) is 5.92 Å². The fraction of sp³-hybridized carbons (Fsp3) is 0.941. The first-order valence-corrected chi connectivity index (χ1v) is 8.94. The number of rotatable bonds is 6. The Morgan fingerprint density at radius 1 is 1.26 bits per heavy atom. The van der Waals surface area contributed by atoms with Crippen molar-refractivity contribution >= 4 is 13.1 Å². The van der Waals surface area contributed by atoms with Gasteiger partial charge in [-0.2, -0.15) is 0 Å². The Morgan fingerprint density at radius 2 is 1.87 bits per heavy atom. The molecule has 0 aromatic rings. The minimum absolute atomic E-state index is 0.113. The van der Waals surface area contributed by atoms with Crippen molar-refractivity contribution in [3.8, 4) is 0 Å². The Morgan fingerprint density at radius 3 is 2.43 bits per heavy atom. The van der Waals surface area contributed by atoms with Crippen molar-refractivity contribution in [1.29, 1.82) is 0 Å². The molecule has 2 rings (SSSR count). The minimum Gasteiger partial charge on any atom is -0.465 e. The molecule has 6 heteroatoms. The summed E-state index contributed by atoms with van der Waals surface area (Å²) in [5, 5.41) is 3.36. The van der Waals surface area contributed by atoms with Crippen molar-refractivity contribution in [3.63, 3.8) is 0 Å². The van der Waals surface area contributed by atoms with E-state index in [4.69, 9.17) is 14.0 Å². The standard InChI is InChI=1S/C17H32BNO4/c1-7-21-15(20)14-13(11-12(2)19-14)9-8-10-18-22-16(3,4)17(5,6)23-18/h12-14,19H,7-11H2,1-6H3. The van der Waals surface area contributed by atoms with Crippen LogP contribution in [0.4, 0.5) is 0 Å². The largest absolute Gasteiger partial charge is 0.465 e. The van der Waals surface area contributed by atoms with Crippen molar-refractivity contribution in [2.24, 2.45) is 5.92 Å². The van der Waals surface area contributed by atoms with Crippen molar-refractivity contribution in [1.82, 2.24) is 5.32 Å². The molecule has 0 bridgehead atoms. The maximum atomic E-state index is 12.1. The fourth-order valence-electron chi connectivity index (χ4n) is 3.51. The van der Waals surface area contributed by atoms with Crippen LogP contribution in [0.5, 0.6) is 0 Å². The molecule has 0 amide bonds. The predicted molar refractivity (Wildman–Crippen MR) is 91.2 cm³/mol. The highest BCUT2D eigenvalue weighted by Crippen LogP contribution is 2.38. The summed E-state index contributed by atoms with van der Waals surface area (Å²) in [4.78, 5) is 12.1. The molecule has 2 heterocycles. The van der Waals surface area contributed by atoms with E-state index in [0.717, 1.165) is 25.6 Å². The van der Waals surface area contributed by atoms with Gasteiger partial charge in [-0.15, -0.1) is 0 Å². The lowest BCUT2D eigenvalue weighted by atomic mass is 9.80. The molecule has 0 radical (unpaired) electrons. The van der Waals surface area contributed by atoms with E-state index in [2.05, 4.69) is 39.9 Å². The van der Waals surface area contributed by atoms with Gasteiger partial charge in [-0.1, -0.05) is 6.42 Å². The van der Waals surface area contributed by atoms with E-state index < -0.39 is 0 Å². The van der Waals surface area contributed by atoms with E-state index in [0.29, 0.717) is 18.6 Å². The second kappa shape index (κ2) is 7.12. The Kier molecular flexibility index (Phi) is 5.80. The van der Waals surface area contributed by atoms with Gasteiger partial charge in [0.1, 0.15) is 6.04 Å². The Bertz CT molecular complexity index is 411. The third-order valence-corrected chi connectivity index (χ3v) is 5.45. The SMILES string of the molecule is CCOC(=O)C1NC(C)CC1CCCB1OC(C)(C)C(C)(C)O1. The highest BCUT2D eigenvalue weighted by atomic mass is 16.7. The van der Waals surface area contributed by atoms with Crippen molar-refractivity contribution in [3.05, 3.63) is 0 Å². The summed E-state index contributed by atoms with van der Waals surface area (Å²) in [5.74, 6) is 0.226. The van der Waals surface area contributed by atoms with E-state index in [9.17, 15) is 4.79 Å². The van der Waals surface area contributed by atoms with E-state index in [1.165, 1.54) is 0 Å². The maximum Gasteiger partial charge on any atom is 0.457 e. The van der Waals surface area contributed by atoms with Gasteiger partial charge < -0.3 is 19.4 Å². The summed E-state index contributed by atoms with van der Waals surface area (Å²) in [7, 11) is -0.146. The smallest absolute Gasteiger partial charge is 0.457 e. The number of esters is 1. The van der Waals surface area contributed by atoms with Gasteiger partial charge in [-0.25, -0.2) is 0 Å². The van der Waals surface area contributed by atoms with Crippen LogP contribution in [0.1, 0.15) is 60.8 Å². The summed E-state index contributed by atoms with van der Waals surface area (Å²) in [6.07, 6.45) is 3.87. The molecular formula is C17H32BNO4. The maximum absolute atomic E-state index is 12.1. The lowest BCUT2D eigenvalue weighted by Gasteiger charge is -2.32. The topological polar surface area (TPSA) is 56.8 Å². The van der Waals surface area contributed by atoms with Crippen LogP contribution in [0.3, 0.4) is 0 Å². The molecule has 3 unspecified atom stereocenters. The normalized spacial score (nSPS) is 32.3. The quantitative estimate of drug-likeness (QED) is 0.601. The van der Waals surface area contributed by atoms with E-state index in [-0.39, 0.29) is 30.3 Å². The first-order valence-electron chi connectivity index (χ1n) is 8.94. The molecule has 2 aliphatic rings. The van der Waals surface area contributed by atoms with Gasteiger partial charge >= 0.3 is 13.1 Å². The minimum atomic E-state index is -0.269. The first-order chi connectivity index (χ1) is 10.7. The molecule has 0 aromatic heterocycles. The molecule has 0 spiro atoms. The summed E-state index contributed by atoms with van der Waals surface area (Å²) in [6, 6.07) is 0.203. The van der Waals surface area contributed by atoms with E-state index >= 15 is 0 Å². The number of nitrogens with one attached hydrogen (secondary N) is 1. The van der Waals surface area contributed by atoms with Crippen molar-refractivity contribution in [2.75, 3.05) is 6.61 Å². The zero-order chi connectivity index (χ0) is 17.3. The van der Waals surface area contributed by atoms with Crippen molar-refractivity contribution in [2.45, 2.75) is 90.4 Å². The molecule has 132 valence electrons. The second-order valence-corrected chi connectivity index (χ2v) is 7.91. The molecule has 1 N–H and O–H groups in total. The zero-order valence-corrected chi connectivity index (χ0v) is 15.5. The van der Waals surface area contributed by atoms with Gasteiger partial charge in [0.05, 0.1) is 17.8 Å². The highest BCUT2D eigenvalue weighted by molar-refractivity contribution is 6.45. The summed E-state index contributed by atoms with van der Waals surface area (Å²) >= 11 is 0. The van der Waals surface area contributed by atoms with E-state index in [1.54, 1.807) is 0 Å². The van der Waals surface area contributed by atoms with Crippen LogP contribution >= 0.6 is 0 Å². The van der Waals surface area contributed by atoms with Crippen molar-refractivity contribution < 1.29 is 18.8 Å². The predicted octanol–water partition coefficient (Wildman–Crippen LogP) is 2.79. The number of carbonyl (C=O) groups is 1. The van der Waals surface area contributed by atoms with Crippen LogP contribution in [-0.4, -0.2) is 43.0 Å². The van der Waals surface area contributed by atoms with Gasteiger partial charge in [0, 0.05) is 6.04 Å². The van der Waals surface area contributed by atoms with E-state index in [1.807, 2.05) is 6.92 Å². The first kappa shape index (κ1) is 18.7. The molecule has 23 heavy (non-hydrogen) atoms. The number of ether oxygens (including phenoxy) is 1. The molecule has 0 aliphatic carbocycles. The highest BCUT2D eigenvalue weighted by Gasteiger charge is 2.50. The molecular weight excluding hydrogens is 293 g/mol. The summed E-state index contributed by atoms with van der Waals surface area (Å²) in [6.45, 7) is 12.7. The van der Waals surface area contributed by atoms with Gasteiger partial charge in [0.25, 0.3) is 0 Å². The van der Waals surface area contributed by atoms with Gasteiger partial charge in [0.15, 0.2) is 0 Å². The number of hydrogen-bond donors (Lipinski definition) is 1. The summed E-state index contributed by atoms with van der Waals surface area (Å²) in [5.41, 5.74) is -0.539. The van der Waals surface area contributed by atoms with Crippen LogP contribution in [0.25, 0.3) is 0 Å². The lowest BCUT2D eigenvalue weighted by molar-refractivity contribution is -0.146. The van der Waals surface area contributed by atoms with Gasteiger partial charge in [-0.05, 0) is 66.6 Å². The molecule has 2 saturated heterocycles. The molecule has 2 fully saturated rings. The van der Waals surface area contributed by atoms with Crippen LogP contribution in [0.15, 0.2) is 0 Å². The molecule has 0 aromatic carbocycles. The lowest BCUT2D eigenvalue weighted by Crippen LogP contribution is -2.41. The average molecular weight is 325 g/mol. The number of carbonyl (C=O) groups excluding carboxylic acids is 1. The van der Waals surface area contributed by atoms with Crippen LogP contribution in [-0.2, 0) is 18.8 Å². The number of hydrogen-bond acceptors (Lipinski definition) is 5. The third kappa shape index (κ3) is 4.28. The Balaban J connectivity index is 1.80. The third-order valence-electron chi connectivity index (χ3n) is 5.45. The molecule has 2 aliphatic heterocycles. The second-order valence-electron chi connectivity index (χ2n) is 7.91. The fourth-order valence-corrected chi connectivity index (χ4v) is 3.51. The average Bonchev–Trinajstić information content (AvgIpc) is 2.87. The molecule has 0 saturated carbocycles. The van der Waals surface area contributed by atoms with Gasteiger partial charge in [0.2, 0.25) is 0 Å². The van der Waals surface area contributed by atoms with Crippen LogP contribution in [0.2, 0.25) is 6.32 Å². The Hall–Kier alpha value is -0.585. The monoisotopic (exact) mass is 325 g/mol. The summed E-state index contributed by atoms with van der Waals surface area (Å²) < 4.78 is 17.3. The Labute approximate surface area is 141 Å². The van der Waals surface area contributed by atoms with Crippen LogP contribution < -0.4 is 5.32 Å². The molecule has 3 atom stereocenters. The zero-order valence-electron chi connectivity index (χ0n) is 15.5. The molecule has 5 nitrogen and oxygen atoms in total.